The van der Waals surface area contributed by atoms with E-state index < -0.39 is 12.0 Å². The predicted octanol–water partition coefficient (Wildman–Crippen LogP) is -0.165. The molecule has 0 saturated heterocycles. The van der Waals surface area contributed by atoms with E-state index in [1.165, 1.54) is 24.6 Å². The van der Waals surface area contributed by atoms with Crippen LogP contribution in [0.4, 0.5) is 0 Å². The molecule has 6 nitrogen and oxygen atoms in total. The zero-order chi connectivity index (χ0) is 13.4. The second-order valence-corrected chi connectivity index (χ2v) is 5.37. The monoisotopic (exact) mass is 274 g/mol. The molecule has 1 saturated carbocycles. The highest BCUT2D eigenvalue weighted by molar-refractivity contribution is 7.99. The number of aliphatic carboxylic acids is 1. The summed E-state index contributed by atoms with van der Waals surface area (Å²) >= 11 is 1.37. The fraction of sp³-hybridized carbons (Fsp3) is 0.727. The normalized spacial score (nSPS) is 15.8. The first kappa shape index (κ1) is 14.8. The molecule has 0 heterocycles. The van der Waals surface area contributed by atoms with Crippen LogP contribution in [0.25, 0.3) is 0 Å². The number of carboxylic acids is 1. The minimum Gasteiger partial charge on any atom is -0.480 e. The van der Waals surface area contributed by atoms with Crippen LogP contribution in [0.3, 0.4) is 0 Å². The molecule has 1 unspecified atom stereocenters. The number of hydrogen-bond donors (Lipinski definition) is 3. The standard InChI is InChI=1S/C11H18N2O4S/c14-7-13-9(11(16)17)3-4-18-6-10(15)12-5-8-1-2-8/h7-9H,1-6H2,(H,12,15)(H,13,14)(H,16,17). The molecule has 1 aliphatic carbocycles. The van der Waals surface area contributed by atoms with E-state index in [1.807, 2.05) is 0 Å². The summed E-state index contributed by atoms with van der Waals surface area (Å²) in [6.07, 6.45) is 3.09. The largest absolute Gasteiger partial charge is 0.480 e. The van der Waals surface area contributed by atoms with Crippen LogP contribution in [0.5, 0.6) is 0 Å². The lowest BCUT2D eigenvalue weighted by molar-refractivity contribution is -0.140. The summed E-state index contributed by atoms with van der Waals surface area (Å²) in [5, 5.41) is 13.8. The van der Waals surface area contributed by atoms with E-state index in [0.717, 1.165) is 6.54 Å². The minimum atomic E-state index is -1.05. The highest BCUT2D eigenvalue weighted by atomic mass is 32.2. The summed E-state index contributed by atoms with van der Waals surface area (Å²) in [4.78, 5) is 32.2. The zero-order valence-electron chi connectivity index (χ0n) is 10.1. The fourth-order valence-electron chi connectivity index (χ4n) is 1.36. The first-order chi connectivity index (χ1) is 8.63. The number of thioether (sulfide) groups is 1. The number of hydrogen-bond acceptors (Lipinski definition) is 4. The van der Waals surface area contributed by atoms with E-state index in [1.54, 1.807) is 0 Å². The first-order valence-corrected chi connectivity index (χ1v) is 7.06. The zero-order valence-corrected chi connectivity index (χ0v) is 10.9. The van der Waals surface area contributed by atoms with Gasteiger partial charge in [0.1, 0.15) is 6.04 Å². The van der Waals surface area contributed by atoms with Crippen molar-refractivity contribution in [2.45, 2.75) is 25.3 Å². The Balaban J connectivity index is 2.02. The maximum atomic E-state index is 11.4. The Hall–Kier alpha value is -1.24. The number of amides is 2. The number of nitrogens with one attached hydrogen (secondary N) is 2. The third-order valence-corrected chi connectivity index (χ3v) is 3.63. The number of carboxylic acid groups (broad SMARTS) is 1. The van der Waals surface area contributed by atoms with E-state index in [9.17, 15) is 14.4 Å². The summed E-state index contributed by atoms with van der Waals surface area (Å²) in [6, 6.07) is -0.871. The van der Waals surface area contributed by atoms with Gasteiger partial charge in [-0.25, -0.2) is 4.79 Å². The van der Waals surface area contributed by atoms with Gasteiger partial charge in [0.25, 0.3) is 0 Å². The molecule has 0 aliphatic heterocycles. The summed E-state index contributed by atoms with van der Waals surface area (Å²) < 4.78 is 0. The van der Waals surface area contributed by atoms with Crippen LogP contribution >= 0.6 is 11.8 Å². The van der Waals surface area contributed by atoms with Crippen molar-refractivity contribution < 1.29 is 19.5 Å². The molecule has 0 radical (unpaired) electrons. The summed E-state index contributed by atoms with van der Waals surface area (Å²) in [7, 11) is 0. The second-order valence-electron chi connectivity index (χ2n) is 4.26. The van der Waals surface area contributed by atoms with Gasteiger partial charge in [0.15, 0.2) is 0 Å². The summed E-state index contributed by atoms with van der Waals surface area (Å²) in [5.74, 6) is 0.449. The third kappa shape index (κ3) is 6.48. The van der Waals surface area contributed by atoms with Gasteiger partial charge in [0, 0.05) is 6.54 Å². The number of rotatable bonds is 10. The lowest BCUT2D eigenvalue weighted by atomic mass is 10.2. The molecular formula is C11H18N2O4S. The molecule has 0 aromatic rings. The van der Waals surface area contributed by atoms with Crippen LogP contribution in [0, 0.1) is 5.92 Å². The van der Waals surface area contributed by atoms with Crippen molar-refractivity contribution in [3.63, 3.8) is 0 Å². The van der Waals surface area contributed by atoms with Gasteiger partial charge < -0.3 is 15.7 Å². The average molecular weight is 274 g/mol. The molecule has 18 heavy (non-hydrogen) atoms. The van der Waals surface area contributed by atoms with Gasteiger partial charge >= 0.3 is 5.97 Å². The average Bonchev–Trinajstić information content (AvgIpc) is 3.14. The molecule has 2 amide bonds. The molecule has 7 heteroatoms. The highest BCUT2D eigenvalue weighted by Crippen LogP contribution is 2.27. The Bertz CT molecular complexity index is 307. The Labute approximate surface area is 110 Å². The third-order valence-electron chi connectivity index (χ3n) is 2.64. The molecule has 0 bridgehead atoms. The van der Waals surface area contributed by atoms with Gasteiger partial charge in [0.2, 0.25) is 12.3 Å². The Kier molecular flexibility index (Phi) is 6.56. The SMILES string of the molecule is O=CNC(CCSCC(=O)NCC1CC1)C(=O)O. The summed E-state index contributed by atoms with van der Waals surface area (Å²) in [5.41, 5.74) is 0. The Morgan fingerprint density at radius 1 is 1.44 bits per heavy atom. The topological polar surface area (TPSA) is 95.5 Å². The van der Waals surface area contributed by atoms with Crippen molar-refractivity contribution in [1.82, 2.24) is 10.6 Å². The van der Waals surface area contributed by atoms with Crippen molar-refractivity contribution in [2.75, 3.05) is 18.1 Å². The molecule has 0 spiro atoms. The van der Waals surface area contributed by atoms with Crippen molar-refractivity contribution in [1.29, 1.82) is 0 Å². The molecule has 0 aromatic heterocycles. The quantitative estimate of drug-likeness (QED) is 0.380. The van der Waals surface area contributed by atoms with Crippen molar-refractivity contribution in [3.05, 3.63) is 0 Å². The molecule has 1 aliphatic rings. The van der Waals surface area contributed by atoms with Crippen LogP contribution < -0.4 is 10.6 Å². The Morgan fingerprint density at radius 2 is 2.17 bits per heavy atom. The van der Waals surface area contributed by atoms with Gasteiger partial charge in [-0.05, 0) is 30.9 Å². The molecule has 1 atom stereocenters. The molecule has 1 fully saturated rings. The van der Waals surface area contributed by atoms with Gasteiger partial charge in [-0.3, -0.25) is 9.59 Å². The molecule has 0 aromatic carbocycles. The highest BCUT2D eigenvalue weighted by Gasteiger charge is 2.21. The van der Waals surface area contributed by atoms with Crippen LogP contribution in [0.15, 0.2) is 0 Å². The van der Waals surface area contributed by atoms with Crippen molar-refractivity contribution in [2.24, 2.45) is 5.92 Å². The second kappa shape index (κ2) is 7.97. The number of carbonyl (C=O) groups excluding carboxylic acids is 2. The van der Waals surface area contributed by atoms with Crippen LogP contribution in [-0.2, 0) is 14.4 Å². The van der Waals surface area contributed by atoms with E-state index in [0.29, 0.717) is 30.3 Å². The van der Waals surface area contributed by atoms with Gasteiger partial charge in [0.05, 0.1) is 5.75 Å². The number of carbonyl (C=O) groups is 3. The fourth-order valence-corrected chi connectivity index (χ4v) is 2.19. The van der Waals surface area contributed by atoms with E-state index >= 15 is 0 Å². The Morgan fingerprint density at radius 3 is 2.72 bits per heavy atom. The van der Waals surface area contributed by atoms with Crippen LogP contribution in [-0.4, -0.2) is 47.5 Å². The van der Waals surface area contributed by atoms with E-state index in [2.05, 4.69) is 10.6 Å². The molecule has 1 rings (SSSR count). The maximum absolute atomic E-state index is 11.4. The van der Waals surface area contributed by atoms with Crippen molar-refractivity contribution >= 4 is 30.0 Å². The molecule has 3 N–H and O–H groups in total. The first-order valence-electron chi connectivity index (χ1n) is 5.90. The minimum absolute atomic E-state index is 0.0119. The summed E-state index contributed by atoms with van der Waals surface area (Å²) in [6.45, 7) is 0.754. The van der Waals surface area contributed by atoms with Gasteiger partial charge in [-0.1, -0.05) is 0 Å². The van der Waals surface area contributed by atoms with Crippen LogP contribution in [0.2, 0.25) is 0 Å². The lowest BCUT2D eigenvalue weighted by Crippen LogP contribution is -2.36. The maximum Gasteiger partial charge on any atom is 0.326 e. The van der Waals surface area contributed by atoms with E-state index in [-0.39, 0.29) is 5.91 Å². The van der Waals surface area contributed by atoms with E-state index in [4.69, 9.17) is 5.11 Å². The predicted molar refractivity (Wildman–Crippen MR) is 68.3 cm³/mol. The molecular weight excluding hydrogens is 256 g/mol. The van der Waals surface area contributed by atoms with Crippen molar-refractivity contribution in [3.8, 4) is 0 Å². The van der Waals surface area contributed by atoms with Crippen LogP contribution in [0.1, 0.15) is 19.3 Å². The molecule has 102 valence electrons. The van der Waals surface area contributed by atoms with Gasteiger partial charge in [-0.2, -0.15) is 11.8 Å². The smallest absolute Gasteiger partial charge is 0.326 e. The van der Waals surface area contributed by atoms with Gasteiger partial charge in [-0.15, -0.1) is 0 Å². The lowest BCUT2D eigenvalue weighted by Gasteiger charge is -2.10.